The maximum absolute atomic E-state index is 13.4. The molecule has 5 rings (SSSR count). The van der Waals surface area contributed by atoms with E-state index in [-0.39, 0.29) is 18.4 Å². The molecule has 0 saturated heterocycles. The Bertz CT molecular complexity index is 1300. The van der Waals surface area contributed by atoms with Crippen molar-refractivity contribution in [3.63, 3.8) is 0 Å². The van der Waals surface area contributed by atoms with E-state index in [9.17, 15) is 23.1 Å². The Balaban J connectivity index is 1.67. The first-order valence-electron chi connectivity index (χ1n) is 14.7. The molecule has 210 valence electrons. The molecule has 0 aliphatic heterocycles. The van der Waals surface area contributed by atoms with Crippen molar-refractivity contribution in [2.75, 3.05) is 0 Å². The van der Waals surface area contributed by atoms with Crippen molar-refractivity contribution in [1.82, 2.24) is 4.57 Å². The third kappa shape index (κ3) is 5.90. The van der Waals surface area contributed by atoms with Crippen LogP contribution in [-0.2, 0) is 17.4 Å². The molecule has 3 aromatic rings. The van der Waals surface area contributed by atoms with Crippen LogP contribution in [0.5, 0.6) is 0 Å². The monoisotopic (exact) mass is 539 g/mol. The minimum absolute atomic E-state index is 0.0721. The molecular weight excluding hydrogens is 499 g/mol. The second kappa shape index (κ2) is 11.4. The van der Waals surface area contributed by atoms with Crippen LogP contribution >= 0.6 is 0 Å². The van der Waals surface area contributed by atoms with Crippen molar-refractivity contribution < 1.29 is 23.1 Å². The van der Waals surface area contributed by atoms with Gasteiger partial charge in [-0.25, -0.2) is 0 Å². The fraction of sp³-hybridized carbons (Fsp3) is 0.545. The lowest BCUT2D eigenvalue weighted by molar-refractivity contribution is -0.138. The fourth-order valence-electron chi connectivity index (χ4n) is 7.10. The summed E-state index contributed by atoms with van der Waals surface area (Å²) in [4.78, 5) is 11.9. The predicted molar refractivity (Wildman–Crippen MR) is 149 cm³/mol. The summed E-state index contributed by atoms with van der Waals surface area (Å²) in [6, 6.07) is 12.1. The molecule has 1 fully saturated rings. The van der Waals surface area contributed by atoms with E-state index in [1.807, 2.05) is 0 Å². The van der Waals surface area contributed by atoms with Gasteiger partial charge in [-0.05, 0) is 84.9 Å². The summed E-state index contributed by atoms with van der Waals surface area (Å²) in [7, 11) is 0. The molecule has 0 bridgehead atoms. The fourth-order valence-corrected chi connectivity index (χ4v) is 7.10. The Morgan fingerprint density at radius 2 is 1.67 bits per heavy atom. The Kier molecular flexibility index (Phi) is 8.11. The van der Waals surface area contributed by atoms with Crippen LogP contribution in [0.4, 0.5) is 13.2 Å². The van der Waals surface area contributed by atoms with Gasteiger partial charge in [0.2, 0.25) is 0 Å². The number of hydrogen-bond acceptors (Lipinski definition) is 1. The van der Waals surface area contributed by atoms with Crippen LogP contribution in [0.25, 0.3) is 10.9 Å². The van der Waals surface area contributed by atoms with Crippen LogP contribution in [-0.4, -0.2) is 15.6 Å². The smallest absolute Gasteiger partial charge is 0.416 e. The number of carboxylic acid groups (broad SMARTS) is 1. The summed E-state index contributed by atoms with van der Waals surface area (Å²) < 4.78 is 42.6. The van der Waals surface area contributed by atoms with E-state index in [1.165, 1.54) is 60.7 Å². The highest BCUT2D eigenvalue weighted by atomic mass is 19.4. The Morgan fingerprint density at radius 1 is 0.974 bits per heavy atom. The van der Waals surface area contributed by atoms with Crippen LogP contribution in [0, 0.1) is 5.92 Å². The van der Waals surface area contributed by atoms with Crippen molar-refractivity contribution >= 4 is 16.9 Å². The first-order valence-corrected chi connectivity index (χ1v) is 14.7. The van der Waals surface area contributed by atoms with Crippen LogP contribution in [0.2, 0.25) is 0 Å². The molecule has 6 heteroatoms. The normalized spacial score (nSPS) is 19.4. The number of fused-ring (bicyclic) bond motifs is 3. The number of carbonyl (C=O) groups is 1. The number of benzene rings is 2. The third-order valence-electron chi connectivity index (χ3n) is 9.14. The number of hydrogen-bond donors (Lipinski definition) is 1. The molecule has 1 unspecified atom stereocenters. The van der Waals surface area contributed by atoms with Gasteiger partial charge in [-0.3, -0.25) is 4.79 Å². The molecule has 1 saturated carbocycles. The minimum atomic E-state index is -4.38. The Hall–Kier alpha value is -2.76. The van der Waals surface area contributed by atoms with Gasteiger partial charge in [0, 0.05) is 22.5 Å². The lowest BCUT2D eigenvalue weighted by Gasteiger charge is -2.31. The minimum Gasteiger partial charge on any atom is -0.481 e. The van der Waals surface area contributed by atoms with Gasteiger partial charge >= 0.3 is 12.1 Å². The molecule has 2 atom stereocenters. The topological polar surface area (TPSA) is 42.2 Å². The number of alkyl halides is 3. The molecule has 2 aliphatic rings. The van der Waals surface area contributed by atoms with Crippen molar-refractivity contribution in [2.24, 2.45) is 5.92 Å². The lowest BCUT2D eigenvalue weighted by Crippen LogP contribution is -2.22. The summed E-state index contributed by atoms with van der Waals surface area (Å²) >= 11 is 0. The van der Waals surface area contributed by atoms with Gasteiger partial charge in [-0.1, -0.05) is 64.2 Å². The highest BCUT2D eigenvalue weighted by Gasteiger charge is 2.34. The summed E-state index contributed by atoms with van der Waals surface area (Å²) in [5.41, 5.74) is 4.88. The highest BCUT2D eigenvalue weighted by molar-refractivity contribution is 5.87. The van der Waals surface area contributed by atoms with E-state index >= 15 is 0 Å². The van der Waals surface area contributed by atoms with Gasteiger partial charge in [0.1, 0.15) is 0 Å². The summed E-state index contributed by atoms with van der Waals surface area (Å²) in [6.07, 6.45) is 6.41. The van der Waals surface area contributed by atoms with E-state index in [2.05, 4.69) is 36.6 Å². The van der Waals surface area contributed by atoms with Gasteiger partial charge in [0.05, 0.1) is 18.0 Å². The first-order chi connectivity index (χ1) is 18.6. The number of rotatable bonds is 8. The second-order valence-corrected chi connectivity index (χ2v) is 12.1. The molecule has 0 spiro atoms. The standard InChI is InChI=1S/C33H40F3NO2/c1-21(2)24-14-18-30-28(19-24)27-10-6-9-25(20-31(38)39)32(27)37(30)29(17-11-22-7-4-3-5-8-22)23-12-15-26(16-13-23)33(34,35)36/h12-16,18-19,21-22,25,29H,3-11,17,20H2,1-2H3,(H,38,39)/t25?,29-/m0/s1. The molecule has 2 aromatic carbocycles. The number of aliphatic carboxylic acids is 1. The van der Waals surface area contributed by atoms with Gasteiger partial charge < -0.3 is 9.67 Å². The average Bonchev–Trinajstić information content (AvgIpc) is 3.23. The molecule has 1 N–H and O–H groups in total. The molecule has 0 amide bonds. The number of nitrogens with zero attached hydrogens (tertiary/aromatic N) is 1. The zero-order valence-corrected chi connectivity index (χ0v) is 23.1. The van der Waals surface area contributed by atoms with E-state index in [0.717, 1.165) is 48.9 Å². The largest absolute Gasteiger partial charge is 0.481 e. The lowest BCUT2D eigenvalue weighted by atomic mass is 9.83. The number of carboxylic acids is 1. The predicted octanol–water partition coefficient (Wildman–Crippen LogP) is 9.63. The Morgan fingerprint density at radius 3 is 2.31 bits per heavy atom. The molecule has 39 heavy (non-hydrogen) atoms. The van der Waals surface area contributed by atoms with Gasteiger partial charge in [-0.2, -0.15) is 13.2 Å². The second-order valence-electron chi connectivity index (χ2n) is 12.1. The van der Waals surface area contributed by atoms with E-state index in [4.69, 9.17) is 0 Å². The Labute approximate surface area is 229 Å². The summed E-state index contributed by atoms with van der Waals surface area (Å²) in [6.45, 7) is 4.35. The molecule has 3 nitrogen and oxygen atoms in total. The maximum atomic E-state index is 13.4. The van der Waals surface area contributed by atoms with Crippen molar-refractivity contribution in [2.45, 2.75) is 109 Å². The van der Waals surface area contributed by atoms with Gasteiger partial charge in [0.25, 0.3) is 0 Å². The molecule has 0 radical (unpaired) electrons. The van der Waals surface area contributed by atoms with Gasteiger partial charge in [-0.15, -0.1) is 0 Å². The summed E-state index contributed by atoms with van der Waals surface area (Å²) in [5.74, 6) is 0.0909. The molecule has 1 heterocycles. The zero-order chi connectivity index (χ0) is 27.7. The molecule has 2 aliphatic carbocycles. The number of aryl methyl sites for hydroxylation is 1. The number of halogens is 3. The SMILES string of the molecule is CC(C)c1ccc2c(c1)c1c(n2[C@@H](CCC2CCCCC2)c2ccc(C(F)(F)F)cc2)C(CC(=O)O)CCC1. The third-order valence-corrected chi connectivity index (χ3v) is 9.14. The van der Waals surface area contributed by atoms with Crippen LogP contribution in [0.3, 0.4) is 0 Å². The van der Waals surface area contributed by atoms with Crippen LogP contribution in [0.15, 0.2) is 42.5 Å². The van der Waals surface area contributed by atoms with Crippen molar-refractivity contribution in [3.8, 4) is 0 Å². The zero-order valence-electron chi connectivity index (χ0n) is 23.1. The quantitative estimate of drug-likeness (QED) is 0.310. The maximum Gasteiger partial charge on any atom is 0.416 e. The van der Waals surface area contributed by atoms with Crippen LogP contribution in [0.1, 0.15) is 124 Å². The first kappa shape index (κ1) is 27.8. The van der Waals surface area contributed by atoms with Crippen molar-refractivity contribution in [1.29, 1.82) is 0 Å². The highest BCUT2D eigenvalue weighted by Crippen LogP contribution is 2.45. The number of aromatic nitrogens is 1. The van der Waals surface area contributed by atoms with Crippen LogP contribution < -0.4 is 0 Å². The molecule has 1 aromatic heterocycles. The van der Waals surface area contributed by atoms with E-state index < -0.39 is 17.7 Å². The average molecular weight is 540 g/mol. The van der Waals surface area contributed by atoms with Crippen molar-refractivity contribution in [3.05, 3.63) is 70.4 Å². The molecular formula is C33H40F3NO2. The van der Waals surface area contributed by atoms with E-state index in [0.29, 0.717) is 11.8 Å². The summed E-state index contributed by atoms with van der Waals surface area (Å²) in [5, 5.41) is 11.0. The van der Waals surface area contributed by atoms with Gasteiger partial charge in [0.15, 0.2) is 0 Å². The van der Waals surface area contributed by atoms with E-state index in [1.54, 1.807) is 12.1 Å².